The fourth-order valence-electron chi connectivity index (χ4n) is 3.23. The minimum atomic E-state index is -3.71. The second kappa shape index (κ2) is 5.29. The number of nitrogens with one attached hydrogen (secondary N) is 2. The third kappa shape index (κ3) is 2.26. The summed E-state index contributed by atoms with van der Waals surface area (Å²) < 4.78 is 28.6. The van der Waals surface area contributed by atoms with Crippen molar-refractivity contribution in [3.8, 4) is 0 Å². The molecule has 6 heteroatoms. The Kier molecular flexibility index (Phi) is 3.33. The van der Waals surface area contributed by atoms with Crippen molar-refractivity contribution in [2.24, 2.45) is 0 Å². The van der Waals surface area contributed by atoms with Crippen LogP contribution in [0.3, 0.4) is 0 Å². The number of anilines is 1. The SMILES string of the molecule is CC1=CC=CCC1NS(=O)(=O)c1ccc2c3c(cccc13)C(=O)N2. The molecule has 0 spiro atoms. The predicted molar refractivity (Wildman–Crippen MR) is 93.5 cm³/mol. The second-order valence-electron chi connectivity index (χ2n) is 6.04. The number of sulfonamides is 1. The van der Waals surface area contributed by atoms with Gasteiger partial charge in [-0.15, -0.1) is 0 Å². The molecule has 0 fully saturated rings. The lowest BCUT2D eigenvalue weighted by atomic mass is 10.0. The van der Waals surface area contributed by atoms with Crippen LogP contribution in [0.1, 0.15) is 23.7 Å². The Balaban J connectivity index is 1.83. The zero-order valence-electron chi connectivity index (χ0n) is 13.0. The molecule has 2 aromatic rings. The van der Waals surface area contributed by atoms with Gasteiger partial charge in [-0.3, -0.25) is 4.79 Å². The highest BCUT2D eigenvalue weighted by molar-refractivity contribution is 7.89. The van der Waals surface area contributed by atoms with Crippen LogP contribution in [-0.4, -0.2) is 20.4 Å². The molecule has 1 aliphatic carbocycles. The van der Waals surface area contributed by atoms with Gasteiger partial charge in [-0.1, -0.05) is 35.9 Å². The first-order valence-corrected chi connectivity index (χ1v) is 9.18. The Hall–Kier alpha value is -2.44. The number of rotatable bonds is 3. The lowest BCUT2D eigenvalue weighted by molar-refractivity contribution is 0.103. The molecule has 0 saturated heterocycles. The summed E-state index contributed by atoms with van der Waals surface area (Å²) in [6.07, 6.45) is 6.41. The van der Waals surface area contributed by atoms with Gasteiger partial charge in [0.2, 0.25) is 10.0 Å². The fourth-order valence-corrected chi connectivity index (χ4v) is 4.72. The first kappa shape index (κ1) is 15.1. The maximum Gasteiger partial charge on any atom is 0.256 e. The number of allylic oxidation sites excluding steroid dienone is 2. The molecule has 1 amide bonds. The molecule has 0 radical (unpaired) electrons. The van der Waals surface area contributed by atoms with Crippen molar-refractivity contribution in [2.45, 2.75) is 24.3 Å². The van der Waals surface area contributed by atoms with Crippen LogP contribution in [0.25, 0.3) is 10.8 Å². The second-order valence-corrected chi connectivity index (χ2v) is 7.72. The normalized spacial score (nSPS) is 19.5. The standard InChI is InChI=1S/C18H16N2O3S/c1-11-5-2-3-8-14(11)20-24(22,23)16-10-9-15-17-12(16)6-4-7-13(17)18(21)19-15/h2-7,9-10,14,20H,8H2,1H3,(H,19,21). The quantitative estimate of drug-likeness (QED) is 0.902. The van der Waals surface area contributed by atoms with E-state index in [1.807, 2.05) is 25.2 Å². The predicted octanol–water partition coefficient (Wildman–Crippen LogP) is 2.96. The van der Waals surface area contributed by atoms with Gasteiger partial charge in [-0.05, 0) is 31.5 Å². The van der Waals surface area contributed by atoms with E-state index in [1.54, 1.807) is 30.3 Å². The number of benzene rings is 2. The smallest absolute Gasteiger partial charge is 0.256 e. The summed E-state index contributed by atoms with van der Waals surface area (Å²) in [4.78, 5) is 12.2. The molecule has 1 heterocycles. The van der Waals surface area contributed by atoms with Gasteiger partial charge in [-0.2, -0.15) is 0 Å². The molecule has 5 nitrogen and oxygen atoms in total. The van der Waals surface area contributed by atoms with Gasteiger partial charge in [0, 0.05) is 28.1 Å². The van der Waals surface area contributed by atoms with Crippen molar-refractivity contribution in [2.75, 3.05) is 5.32 Å². The van der Waals surface area contributed by atoms with E-state index in [0.717, 1.165) is 5.57 Å². The minimum Gasteiger partial charge on any atom is -0.321 e. The average Bonchev–Trinajstić information content (AvgIpc) is 2.88. The highest BCUT2D eigenvalue weighted by atomic mass is 32.2. The van der Waals surface area contributed by atoms with Crippen LogP contribution in [0.5, 0.6) is 0 Å². The molecule has 0 bridgehead atoms. The van der Waals surface area contributed by atoms with Gasteiger partial charge in [0.1, 0.15) is 0 Å². The van der Waals surface area contributed by atoms with Crippen molar-refractivity contribution in [1.82, 2.24) is 4.72 Å². The zero-order valence-corrected chi connectivity index (χ0v) is 13.9. The number of hydrogen-bond donors (Lipinski definition) is 2. The van der Waals surface area contributed by atoms with Crippen LogP contribution in [0, 0.1) is 0 Å². The van der Waals surface area contributed by atoms with Crippen LogP contribution < -0.4 is 10.0 Å². The lowest BCUT2D eigenvalue weighted by Gasteiger charge is -2.21. The summed E-state index contributed by atoms with van der Waals surface area (Å²) >= 11 is 0. The van der Waals surface area contributed by atoms with Crippen molar-refractivity contribution in [3.63, 3.8) is 0 Å². The molecule has 2 aromatic carbocycles. The van der Waals surface area contributed by atoms with E-state index in [4.69, 9.17) is 0 Å². The van der Waals surface area contributed by atoms with Gasteiger partial charge < -0.3 is 5.32 Å². The molecule has 0 saturated carbocycles. The van der Waals surface area contributed by atoms with E-state index >= 15 is 0 Å². The summed E-state index contributed by atoms with van der Waals surface area (Å²) in [6.45, 7) is 1.91. The lowest BCUT2D eigenvalue weighted by Crippen LogP contribution is -2.36. The molecular weight excluding hydrogens is 324 g/mol. The fraction of sp³-hybridized carbons (Fsp3) is 0.167. The van der Waals surface area contributed by atoms with E-state index in [-0.39, 0.29) is 16.8 Å². The highest BCUT2D eigenvalue weighted by Crippen LogP contribution is 2.36. The van der Waals surface area contributed by atoms with Crippen molar-refractivity contribution < 1.29 is 13.2 Å². The molecular formula is C18H16N2O3S. The molecule has 122 valence electrons. The van der Waals surface area contributed by atoms with Crippen molar-refractivity contribution >= 4 is 32.4 Å². The largest absolute Gasteiger partial charge is 0.321 e. The van der Waals surface area contributed by atoms with Gasteiger partial charge in [0.15, 0.2) is 0 Å². The maximum atomic E-state index is 12.9. The summed E-state index contributed by atoms with van der Waals surface area (Å²) in [7, 11) is -3.71. The molecule has 1 atom stereocenters. The van der Waals surface area contributed by atoms with Gasteiger partial charge in [0.05, 0.1) is 4.90 Å². The van der Waals surface area contributed by atoms with Gasteiger partial charge in [0.25, 0.3) is 5.91 Å². The Labute approximate surface area is 140 Å². The third-order valence-electron chi connectivity index (χ3n) is 4.50. The zero-order chi connectivity index (χ0) is 16.9. The van der Waals surface area contributed by atoms with Crippen LogP contribution in [0.2, 0.25) is 0 Å². The van der Waals surface area contributed by atoms with E-state index in [9.17, 15) is 13.2 Å². The Bertz CT molecular complexity index is 1040. The van der Waals surface area contributed by atoms with Crippen LogP contribution >= 0.6 is 0 Å². The number of amides is 1. The molecule has 2 N–H and O–H groups in total. The number of carbonyl (C=O) groups is 1. The Morgan fingerprint density at radius 1 is 1.21 bits per heavy atom. The molecule has 24 heavy (non-hydrogen) atoms. The minimum absolute atomic E-state index is 0.196. The monoisotopic (exact) mass is 340 g/mol. The summed E-state index contributed by atoms with van der Waals surface area (Å²) in [5.74, 6) is -0.200. The number of hydrogen-bond acceptors (Lipinski definition) is 3. The third-order valence-corrected chi connectivity index (χ3v) is 6.03. The first-order chi connectivity index (χ1) is 11.5. The van der Waals surface area contributed by atoms with E-state index in [0.29, 0.717) is 28.4 Å². The summed E-state index contributed by atoms with van der Waals surface area (Å²) in [6, 6.07) is 8.10. The van der Waals surface area contributed by atoms with E-state index < -0.39 is 10.0 Å². The average molecular weight is 340 g/mol. The highest BCUT2D eigenvalue weighted by Gasteiger charge is 2.28. The van der Waals surface area contributed by atoms with Gasteiger partial charge in [-0.25, -0.2) is 13.1 Å². The van der Waals surface area contributed by atoms with Crippen molar-refractivity contribution in [3.05, 3.63) is 59.7 Å². The van der Waals surface area contributed by atoms with Crippen molar-refractivity contribution in [1.29, 1.82) is 0 Å². The van der Waals surface area contributed by atoms with Crippen LogP contribution in [0.4, 0.5) is 5.69 Å². The van der Waals surface area contributed by atoms with Crippen LogP contribution in [-0.2, 0) is 10.0 Å². The van der Waals surface area contributed by atoms with Gasteiger partial charge >= 0.3 is 0 Å². The molecule has 1 aliphatic heterocycles. The maximum absolute atomic E-state index is 12.9. The first-order valence-electron chi connectivity index (χ1n) is 7.70. The Morgan fingerprint density at radius 2 is 2.04 bits per heavy atom. The molecule has 4 rings (SSSR count). The van der Waals surface area contributed by atoms with Crippen LogP contribution in [0.15, 0.2) is 59.0 Å². The molecule has 2 aliphatic rings. The van der Waals surface area contributed by atoms with E-state index in [2.05, 4.69) is 10.0 Å². The summed E-state index contributed by atoms with van der Waals surface area (Å²) in [5.41, 5.74) is 2.14. The molecule has 1 unspecified atom stereocenters. The topological polar surface area (TPSA) is 75.3 Å². The summed E-state index contributed by atoms with van der Waals surface area (Å²) in [5, 5.41) is 3.99. The number of carbonyl (C=O) groups excluding carboxylic acids is 1. The van der Waals surface area contributed by atoms with E-state index in [1.165, 1.54) is 0 Å². The molecule has 0 aromatic heterocycles. The Morgan fingerprint density at radius 3 is 2.83 bits per heavy atom.